The van der Waals surface area contributed by atoms with E-state index in [4.69, 9.17) is 5.73 Å². The van der Waals surface area contributed by atoms with E-state index in [2.05, 4.69) is 58.4 Å². The van der Waals surface area contributed by atoms with Gasteiger partial charge >= 0.3 is 0 Å². The minimum absolute atomic E-state index is 0.690. The van der Waals surface area contributed by atoms with Gasteiger partial charge in [-0.15, -0.1) is 0 Å². The van der Waals surface area contributed by atoms with E-state index in [1.807, 2.05) is 6.07 Å². The van der Waals surface area contributed by atoms with Gasteiger partial charge in [0.2, 0.25) is 0 Å². The molecule has 1 nitrogen and oxygen atoms in total. The first kappa shape index (κ1) is 11.4. The van der Waals surface area contributed by atoms with Crippen molar-refractivity contribution in [2.75, 3.05) is 6.54 Å². The second-order valence-electron chi connectivity index (χ2n) is 3.72. The number of nitrogens with two attached hydrogens (primary N) is 1. The van der Waals surface area contributed by atoms with Crippen LogP contribution in [0.3, 0.4) is 0 Å². The summed E-state index contributed by atoms with van der Waals surface area (Å²) in [7, 11) is 0. The van der Waals surface area contributed by atoms with Crippen molar-refractivity contribution in [2.24, 2.45) is 5.73 Å². The molecule has 0 spiro atoms. The molecule has 2 N–H and O–H groups in total. The molecular formula is C14H14BrN. The number of hydrogen-bond acceptors (Lipinski definition) is 1. The summed E-state index contributed by atoms with van der Waals surface area (Å²) >= 11 is 3.59. The average molecular weight is 276 g/mol. The maximum absolute atomic E-state index is 5.58. The Morgan fingerprint density at radius 3 is 2.44 bits per heavy atom. The summed E-state index contributed by atoms with van der Waals surface area (Å²) in [5, 5.41) is 0. The zero-order valence-corrected chi connectivity index (χ0v) is 10.6. The van der Waals surface area contributed by atoms with Gasteiger partial charge in [-0.2, -0.15) is 0 Å². The molecule has 0 fully saturated rings. The predicted octanol–water partition coefficient (Wildman–Crippen LogP) is 3.62. The molecule has 0 atom stereocenters. The highest BCUT2D eigenvalue weighted by Gasteiger charge is 2.03. The van der Waals surface area contributed by atoms with Crippen LogP contribution in [0.2, 0.25) is 0 Å². The van der Waals surface area contributed by atoms with Crippen LogP contribution in [0.5, 0.6) is 0 Å². The topological polar surface area (TPSA) is 26.0 Å². The zero-order valence-electron chi connectivity index (χ0n) is 8.99. The summed E-state index contributed by atoms with van der Waals surface area (Å²) in [6.45, 7) is 0.690. The minimum atomic E-state index is 0.690. The van der Waals surface area contributed by atoms with Crippen molar-refractivity contribution in [3.63, 3.8) is 0 Å². The third kappa shape index (κ3) is 2.52. The van der Waals surface area contributed by atoms with Gasteiger partial charge in [0.15, 0.2) is 0 Å². The van der Waals surface area contributed by atoms with Crippen molar-refractivity contribution in [2.45, 2.75) is 6.42 Å². The van der Waals surface area contributed by atoms with Gasteiger partial charge in [-0.3, -0.25) is 0 Å². The lowest BCUT2D eigenvalue weighted by Gasteiger charge is -2.07. The van der Waals surface area contributed by atoms with Gasteiger partial charge < -0.3 is 5.73 Å². The average Bonchev–Trinajstić information content (AvgIpc) is 2.33. The lowest BCUT2D eigenvalue weighted by atomic mass is 10.0. The van der Waals surface area contributed by atoms with Crippen molar-refractivity contribution in [3.8, 4) is 11.1 Å². The second kappa shape index (κ2) is 5.28. The fourth-order valence-corrected chi connectivity index (χ4v) is 2.21. The number of rotatable bonds is 3. The molecule has 0 amide bonds. The molecule has 0 heterocycles. The van der Waals surface area contributed by atoms with E-state index in [-0.39, 0.29) is 0 Å². The van der Waals surface area contributed by atoms with E-state index in [9.17, 15) is 0 Å². The molecule has 2 aromatic carbocycles. The van der Waals surface area contributed by atoms with Crippen LogP contribution >= 0.6 is 15.9 Å². The minimum Gasteiger partial charge on any atom is -0.330 e. The maximum atomic E-state index is 5.58. The largest absolute Gasteiger partial charge is 0.330 e. The molecule has 16 heavy (non-hydrogen) atoms. The van der Waals surface area contributed by atoms with Crippen LogP contribution in [0.1, 0.15) is 5.56 Å². The molecule has 0 aliphatic carbocycles. The van der Waals surface area contributed by atoms with Crippen LogP contribution in [-0.2, 0) is 6.42 Å². The lowest BCUT2D eigenvalue weighted by molar-refractivity contribution is 0.969. The van der Waals surface area contributed by atoms with Gasteiger partial charge in [0.25, 0.3) is 0 Å². The number of halogens is 1. The van der Waals surface area contributed by atoms with E-state index in [1.165, 1.54) is 16.7 Å². The van der Waals surface area contributed by atoms with Crippen molar-refractivity contribution < 1.29 is 0 Å². The predicted molar refractivity (Wildman–Crippen MR) is 72.3 cm³/mol. The summed E-state index contributed by atoms with van der Waals surface area (Å²) in [5.74, 6) is 0. The van der Waals surface area contributed by atoms with Crippen molar-refractivity contribution >= 4 is 15.9 Å². The summed E-state index contributed by atoms with van der Waals surface area (Å²) in [6.07, 6.45) is 0.924. The maximum Gasteiger partial charge on any atom is 0.0253 e. The number of benzene rings is 2. The van der Waals surface area contributed by atoms with Crippen LogP contribution < -0.4 is 5.73 Å². The molecule has 82 valence electrons. The van der Waals surface area contributed by atoms with E-state index in [0.717, 1.165) is 10.9 Å². The summed E-state index contributed by atoms with van der Waals surface area (Å²) in [4.78, 5) is 0. The molecule has 0 saturated heterocycles. The van der Waals surface area contributed by atoms with E-state index in [1.54, 1.807) is 0 Å². The van der Waals surface area contributed by atoms with Crippen LogP contribution in [-0.4, -0.2) is 6.54 Å². The quantitative estimate of drug-likeness (QED) is 0.910. The molecular weight excluding hydrogens is 262 g/mol. The molecule has 0 aromatic heterocycles. The zero-order chi connectivity index (χ0) is 11.4. The second-order valence-corrected chi connectivity index (χ2v) is 4.57. The first-order chi connectivity index (χ1) is 7.81. The first-order valence-electron chi connectivity index (χ1n) is 5.35. The standard InChI is InChI=1S/C14H14BrN/c15-14-7-6-11(8-9-16)10-13(14)12-4-2-1-3-5-12/h1-7,10H,8-9,16H2. The van der Waals surface area contributed by atoms with Crippen LogP contribution in [0, 0.1) is 0 Å². The molecule has 2 heteroatoms. The molecule has 0 radical (unpaired) electrons. The van der Waals surface area contributed by atoms with E-state index < -0.39 is 0 Å². The Morgan fingerprint density at radius 2 is 1.75 bits per heavy atom. The van der Waals surface area contributed by atoms with Gasteiger partial charge in [0.05, 0.1) is 0 Å². The molecule has 0 bridgehead atoms. The van der Waals surface area contributed by atoms with Crippen LogP contribution in [0.4, 0.5) is 0 Å². The van der Waals surface area contributed by atoms with Crippen molar-refractivity contribution in [1.29, 1.82) is 0 Å². The SMILES string of the molecule is NCCc1ccc(Br)c(-c2ccccc2)c1. The molecule has 0 aliphatic heterocycles. The van der Waals surface area contributed by atoms with E-state index >= 15 is 0 Å². The van der Waals surface area contributed by atoms with Gasteiger partial charge in [0, 0.05) is 4.47 Å². The number of hydrogen-bond donors (Lipinski definition) is 1. The van der Waals surface area contributed by atoms with Gasteiger partial charge in [-0.1, -0.05) is 52.3 Å². The normalized spacial score (nSPS) is 10.4. The molecule has 0 saturated carbocycles. The summed E-state index contributed by atoms with van der Waals surface area (Å²) < 4.78 is 1.12. The Morgan fingerprint density at radius 1 is 1.00 bits per heavy atom. The highest BCUT2D eigenvalue weighted by Crippen LogP contribution is 2.29. The van der Waals surface area contributed by atoms with E-state index in [0.29, 0.717) is 6.54 Å². The van der Waals surface area contributed by atoms with Gasteiger partial charge in [-0.05, 0) is 41.8 Å². The Bertz CT molecular complexity index is 465. The molecule has 0 aliphatic rings. The highest BCUT2D eigenvalue weighted by atomic mass is 79.9. The van der Waals surface area contributed by atoms with Gasteiger partial charge in [0.1, 0.15) is 0 Å². The molecule has 0 unspecified atom stereocenters. The Balaban J connectivity index is 2.43. The Hall–Kier alpha value is -1.12. The third-order valence-corrected chi connectivity index (χ3v) is 3.24. The molecule has 2 rings (SSSR count). The fraction of sp³-hybridized carbons (Fsp3) is 0.143. The lowest BCUT2D eigenvalue weighted by Crippen LogP contribution is -2.02. The Kier molecular flexibility index (Phi) is 3.75. The van der Waals surface area contributed by atoms with Crippen molar-refractivity contribution in [1.82, 2.24) is 0 Å². The third-order valence-electron chi connectivity index (χ3n) is 2.55. The fourth-order valence-electron chi connectivity index (χ4n) is 1.73. The summed E-state index contributed by atoms with van der Waals surface area (Å²) in [5.41, 5.74) is 9.32. The Labute approximate surface area is 104 Å². The van der Waals surface area contributed by atoms with Gasteiger partial charge in [-0.25, -0.2) is 0 Å². The smallest absolute Gasteiger partial charge is 0.0253 e. The first-order valence-corrected chi connectivity index (χ1v) is 6.14. The van der Waals surface area contributed by atoms with Crippen molar-refractivity contribution in [3.05, 3.63) is 58.6 Å². The molecule has 2 aromatic rings. The monoisotopic (exact) mass is 275 g/mol. The highest BCUT2D eigenvalue weighted by molar-refractivity contribution is 9.10. The van der Waals surface area contributed by atoms with Crippen LogP contribution in [0.15, 0.2) is 53.0 Å². The van der Waals surface area contributed by atoms with Crippen LogP contribution in [0.25, 0.3) is 11.1 Å². The summed E-state index contributed by atoms with van der Waals surface area (Å²) in [6, 6.07) is 16.8.